The highest BCUT2D eigenvalue weighted by molar-refractivity contribution is 5.57. The number of rotatable bonds is 4. The Bertz CT molecular complexity index is 999. The molecule has 4 rings (SSSR count). The van der Waals surface area contributed by atoms with Crippen molar-refractivity contribution < 1.29 is 13.3 Å². The van der Waals surface area contributed by atoms with Crippen LogP contribution in [0.5, 0.6) is 0 Å². The number of aromatic nitrogens is 3. The SMILES string of the molecule is N#Cc1cccc(-c2noc(C3CC(F)(F)CCN3Cc3ccccn3)n2)c1. The van der Waals surface area contributed by atoms with Crippen molar-refractivity contribution in [2.75, 3.05) is 6.54 Å². The van der Waals surface area contributed by atoms with Crippen molar-refractivity contribution in [3.05, 3.63) is 65.8 Å². The summed E-state index contributed by atoms with van der Waals surface area (Å²) in [6.45, 7) is 0.624. The van der Waals surface area contributed by atoms with Crippen LogP contribution in [-0.4, -0.2) is 32.5 Å². The molecule has 1 fully saturated rings. The first-order valence-corrected chi connectivity index (χ1v) is 8.90. The van der Waals surface area contributed by atoms with Gasteiger partial charge in [0.05, 0.1) is 23.4 Å². The summed E-state index contributed by atoms with van der Waals surface area (Å²) in [6.07, 6.45) is 1.07. The minimum absolute atomic E-state index is 0.146. The number of pyridine rings is 1. The number of nitrogens with zero attached hydrogens (tertiary/aromatic N) is 5. The van der Waals surface area contributed by atoms with Crippen molar-refractivity contribution in [1.29, 1.82) is 5.26 Å². The second kappa shape index (κ2) is 7.44. The van der Waals surface area contributed by atoms with Crippen LogP contribution in [0.15, 0.2) is 53.2 Å². The van der Waals surface area contributed by atoms with E-state index in [-0.39, 0.29) is 31.1 Å². The van der Waals surface area contributed by atoms with Gasteiger partial charge in [-0.15, -0.1) is 0 Å². The van der Waals surface area contributed by atoms with Gasteiger partial charge in [0.15, 0.2) is 0 Å². The Morgan fingerprint density at radius 3 is 2.93 bits per heavy atom. The fourth-order valence-electron chi connectivity index (χ4n) is 3.33. The summed E-state index contributed by atoms with van der Waals surface area (Å²) >= 11 is 0. The van der Waals surface area contributed by atoms with E-state index in [1.807, 2.05) is 23.1 Å². The van der Waals surface area contributed by atoms with Crippen LogP contribution >= 0.6 is 0 Å². The summed E-state index contributed by atoms with van der Waals surface area (Å²) in [4.78, 5) is 10.5. The van der Waals surface area contributed by atoms with Crippen LogP contribution in [-0.2, 0) is 6.54 Å². The Balaban J connectivity index is 1.62. The number of likely N-dealkylation sites (tertiary alicyclic amines) is 1. The molecule has 3 aromatic rings. The maximum atomic E-state index is 14.1. The number of alkyl halides is 2. The van der Waals surface area contributed by atoms with Gasteiger partial charge in [-0.2, -0.15) is 10.2 Å². The summed E-state index contributed by atoms with van der Waals surface area (Å²) in [6, 6.07) is 13.6. The standard InChI is InChI=1S/C20H17F2N5O/c21-20(22)7-9-27(13-16-6-1-2-8-24-16)17(11-20)19-25-18(26-28-19)15-5-3-4-14(10-15)12-23/h1-6,8,10,17H,7,9,11,13H2. The molecule has 0 radical (unpaired) electrons. The smallest absolute Gasteiger partial charge is 0.251 e. The molecule has 1 aromatic carbocycles. The maximum absolute atomic E-state index is 14.1. The summed E-state index contributed by atoms with van der Waals surface area (Å²) in [5, 5.41) is 13.0. The number of hydrogen-bond donors (Lipinski definition) is 0. The Kier molecular flexibility index (Phi) is 4.84. The van der Waals surface area contributed by atoms with Crippen LogP contribution in [0.4, 0.5) is 8.78 Å². The first-order valence-electron chi connectivity index (χ1n) is 8.90. The van der Waals surface area contributed by atoms with Crippen molar-refractivity contribution in [1.82, 2.24) is 20.0 Å². The molecule has 0 amide bonds. The van der Waals surface area contributed by atoms with Crippen molar-refractivity contribution in [3.63, 3.8) is 0 Å². The van der Waals surface area contributed by atoms with Gasteiger partial charge in [-0.25, -0.2) is 8.78 Å². The molecular formula is C20H17F2N5O. The van der Waals surface area contributed by atoms with Gasteiger partial charge in [-0.05, 0) is 24.3 Å². The third-order valence-corrected chi connectivity index (χ3v) is 4.77. The molecule has 0 spiro atoms. The predicted octanol–water partition coefficient (Wildman–Crippen LogP) is 3.98. The Hall–Kier alpha value is -3.18. The lowest BCUT2D eigenvalue weighted by atomic mass is 9.98. The van der Waals surface area contributed by atoms with Gasteiger partial charge in [-0.3, -0.25) is 9.88 Å². The number of piperidine rings is 1. The number of halogens is 2. The number of nitriles is 1. The van der Waals surface area contributed by atoms with Crippen molar-refractivity contribution in [2.45, 2.75) is 31.4 Å². The van der Waals surface area contributed by atoms with Crippen molar-refractivity contribution in [2.24, 2.45) is 0 Å². The third kappa shape index (κ3) is 3.89. The first-order chi connectivity index (χ1) is 13.5. The molecule has 28 heavy (non-hydrogen) atoms. The van der Waals surface area contributed by atoms with Gasteiger partial charge >= 0.3 is 0 Å². The van der Waals surface area contributed by atoms with Crippen LogP contribution in [0.25, 0.3) is 11.4 Å². The van der Waals surface area contributed by atoms with Gasteiger partial charge in [0.1, 0.15) is 0 Å². The van der Waals surface area contributed by atoms with E-state index in [0.29, 0.717) is 17.7 Å². The molecule has 0 saturated carbocycles. The Morgan fingerprint density at radius 1 is 1.25 bits per heavy atom. The molecule has 1 saturated heterocycles. The zero-order valence-corrected chi connectivity index (χ0v) is 14.9. The van der Waals surface area contributed by atoms with Crippen LogP contribution in [0.3, 0.4) is 0 Å². The number of hydrogen-bond acceptors (Lipinski definition) is 6. The molecule has 0 N–H and O–H groups in total. The second-order valence-corrected chi connectivity index (χ2v) is 6.77. The van der Waals surface area contributed by atoms with E-state index < -0.39 is 12.0 Å². The average Bonchev–Trinajstić information content (AvgIpc) is 3.20. The lowest BCUT2D eigenvalue weighted by Crippen LogP contribution is -2.41. The molecule has 1 aliphatic rings. The minimum Gasteiger partial charge on any atom is -0.337 e. The van der Waals surface area contributed by atoms with Gasteiger partial charge < -0.3 is 4.52 Å². The van der Waals surface area contributed by atoms with Gasteiger partial charge in [0.25, 0.3) is 5.92 Å². The van der Waals surface area contributed by atoms with Crippen LogP contribution in [0.2, 0.25) is 0 Å². The highest BCUT2D eigenvalue weighted by atomic mass is 19.3. The monoisotopic (exact) mass is 381 g/mol. The largest absolute Gasteiger partial charge is 0.337 e. The zero-order valence-electron chi connectivity index (χ0n) is 14.9. The predicted molar refractivity (Wildman–Crippen MR) is 96.0 cm³/mol. The average molecular weight is 381 g/mol. The third-order valence-electron chi connectivity index (χ3n) is 4.77. The lowest BCUT2D eigenvalue weighted by molar-refractivity contribution is -0.0873. The molecule has 1 atom stereocenters. The fourth-order valence-corrected chi connectivity index (χ4v) is 3.33. The summed E-state index contributed by atoms with van der Waals surface area (Å²) in [5.41, 5.74) is 1.86. The normalized spacial score (nSPS) is 19.2. The molecule has 1 aliphatic heterocycles. The van der Waals surface area contributed by atoms with Crippen molar-refractivity contribution >= 4 is 0 Å². The van der Waals surface area contributed by atoms with Gasteiger partial charge in [-0.1, -0.05) is 23.4 Å². The van der Waals surface area contributed by atoms with E-state index >= 15 is 0 Å². The molecule has 0 bridgehead atoms. The maximum Gasteiger partial charge on any atom is 0.251 e. The molecule has 2 aromatic heterocycles. The van der Waals surface area contributed by atoms with E-state index in [4.69, 9.17) is 9.78 Å². The van der Waals surface area contributed by atoms with E-state index in [9.17, 15) is 8.78 Å². The highest BCUT2D eigenvalue weighted by Crippen LogP contribution is 2.40. The summed E-state index contributed by atoms with van der Waals surface area (Å²) < 4.78 is 33.6. The van der Waals surface area contributed by atoms with Crippen molar-refractivity contribution in [3.8, 4) is 17.5 Å². The second-order valence-electron chi connectivity index (χ2n) is 6.77. The van der Waals surface area contributed by atoms with Gasteiger partial charge in [0, 0.05) is 37.7 Å². The van der Waals surface area contributed by atoms with Crippen LogP contribution in [0.1, 0.15) is 36.0 Å². The van der Waals surface area contributed by atoms with E-state index in [0.717, 1.165) is 5.69 Å². The van der Waals surface area contributed by atoms with Gasteiger partial charge in [0.2, 0.25) is 11.7 Å². The topological polar surface area (TPSA) is 78.8 Å². The molecule has 3 heterocycles. The Labute approximate surface area is 160 Å². The van der Waals surface area contributed by atoms with E-state index in [2.05, 4.69) is 21.2 Å². The first kappa shape index (κ1) is 18.2. The molecule has 142 valence electrons. The molecule has 8 heteroatoms. The summed E-state index contributed by atoms with van der Waals surface area (Å²) in [5.74, 6) is -2.37. The summed E-state index contributed by atoms with van der Waals surface area (Å²) in [7, 11) is 0. The van der Waals surface area contributed by atoms with Crippen LogP contribution in [0, 0.1) is 11.3 Å². The fraction of sp³-hybridized carbons (Fsp3) is 0.300. The molecule has 6 nitrogen and oxygen atoms in total. The number of benzene rings is 1. The lowest BCUT2D eigenvalue weighted by Gasteiger charge is -2.37. The minimum atomic E-state index is -2.79. The van der Waals surface area contributed by atoms with E-state index in [1.54, 1.807) is 30.5 Å². The van der Waals surface area contributed by atoms with Crippen LogP contribution < -0.4 is 0 Å². The zero-order chi connectivity index (χ0) is 19.6. The highest BCUT2D eigenvalue weighted by Gasteiger charge is 2.43. The molecule has 0 aliphatic carbocycles. The Morgan fingerprint density at radius 2 is 2.14 bits per heavy atom. The van der Waals surface area contributed by atoms with E-state index in [1.165, 1.54) is 0 Å². The quantitative estimate of drug-likeness (QED) is 0.680. The molecule has 1 unspecified atom stereocenters. The molecular weight excluding hydrogens is 364 g/mol.